The molecule has 1 aromatic rings. The second-order valence-corrected chi connectivity index (χ2v) is 10.8. The molecule has 1 heterocycles. The molecule has 0 aromatic heterocycles. The molecule has 2 saturated carbocycles. The molecule has 198 valence electrons. The third kappa shape index (κ3) is 3.40. The lowest BCUT2D eigenvalue weighted by Gasteiger charge is -2.52. The number of carbonyl (C=O) groups is 5. The van der Waals surface area contributed by atoms with Gasteiger partial charge in [-0.25, -0.2) is 0 Å². The number of nitrogens with two attached hydrogens (primary N) is 1. The summed E-state index contributed by atoms with van der Waals surface area (Å²) in [6, 6.07) is 0.277. The molecule has 3 fully saturated rings. The molecule has 5 N–H and O–H groups in total. The Hall–Kier alpha value is -3.15. The fraction of sp³-hybridized carbons (Fsp3) is 0.577. The molecule has 37 heavy (non-hydrogen) atoms. The molecule has 1 amide bonds. The van der Waals surface area contributed by atoms with Crippen LogP contribution >= 0.6 is 0 Å². The van der Waals surface area contributed by atoms with Gasteiger partial charge in [-0.15, -0.1) is 0 Å². The molecular formula is C26H31N3O8. The number of phenols is 1. The Morgan fingerprint density at radius 1 is 1.22 bits per heavy atom. The van der Waals surface area contributed by atoms with Gasteiger partial charge >= 0.3 is 0 Å². The summed E-state index contributed by atoms with van der Waals surface area (Å²) in [5.41, 5.74) is 3.73. The van der Waals surface area contributed by atoms with Crippen molar-refractivity contribution < 1.29 is 38.9 Å². The maximum atomic E-state index is 13.8. The van der Waals surface area contributed by atoms with E-state index in [0.29, 0.717) is 11.3 Å². The first-order valence-electron chi connectivity index (χ1n) is 12.5. The lowest BCUT2D eigenvalue weighted by molar-refractivity contribution is -0.181. The second kappa shape index (κ2) is 8.71. The van der Waals surface area contributed by atoms with Gasteiger partial charge < -0.3 is 26.0 Å². The Bertz CT molecular complexity index is 1240. The van der Waals surface area contributed by atoms with E-state index >= 15 is 0 Å². The quantitative estimate of drug-likeness (QED) is 0.377. The van der Waals surface area contributed by atoms with Crippen molar-refractivity contribution in [3.05, 3.63) is 22.8 Å². The Kier molecular flexibility index (Phi) is 6.00. The standard InChI is InChI=1S/C26H31N3O8/c1-29(2)19-13-8-10-7-12-17(15(30)9-11(22(12)37-3)14-5-4-6-28-14)20(31)16(10)23(33)26(13,36)24(34)18(21(19)32)25(27)35/h9-10,13-14,16,18-19,28,30,36H,4-8H2,1-3H3,(H2,27,35). The van der Waals surface area contributed by atoms with E-state index in [9.17, 15) is 34.2 Å². The first-order chi connectivity index (χ1) is 17.4. The summed E-state index contributed by atoms with van der Waals surface area (Å²) in [7, 11) is 4.59. The summed E-state index contributed by atoms with van der Waals surface area (Å²) in [5.74, 6) is -10.1. The number of carbonyl (C=O) groups excluding carboxylic acids is 5. The lowest BCUT2D eigenvalue weighted by atomic mass is 9.52. The number of ether oxygens (including phenoxy) is 1. The molecule has 0 bridgehead atoms. The van der Waals surface area contributed by atoms with E-state index in [2.05, 4.69) is 5.32 Å². The van der Waals surface area contributed by atoms with E-state index < -0.39 is 64.4 Å². The van der Waals surface area contributed by atoms with Gasteiger partial charge in [0.25, 0.3) is 0 Å². The average Bonchev–Trinajstić information content (AvgIpc) is 3.35. The summed E-state index contributed by atoms with van der Waals surface area (Å²) in [6.07, 6.45) is 1.95. The number of amides is 1. The summed E-state index contributed by atoms with van der Waals surface area (Å²) < 4.78 is 5.72. The van der Waals surface area contributed by atoms with Crippen LogP contribution in [-0.4, -0.2) is 83.5 Å². The molecule has 3 aliphatic carbocycles. The minimum Gasteiger partial charge on any atom is -0.507 e. The minimum absolute atomic E-state index is 0.000280. The van der Waals surface area contributed by atoms with E-state index in [4.69, 9.17) is 10.5 Å². The first-order valence-corrected chi connectivity index (χ1v) is 12.5. The van der Waals surface area contributed by atoms with Gasteiger partial charge in [-0.1, -0.05) is 0 Å². The monoisotopic (exact) mass is 513 g/mol. The zero-order chi connectivity index (χ0) is 27.0. The SMILES string of the molecule is COc1c(C2CCCN2)cc(O)c2c1CC1CC3C(N(C)C)C(=O)C(C(N)=O)C(=O)C3(O)C(=O)C1C2=O. The van der Waals surface area contributed by atoms with Crippen molar-refractivity contribution in [2.45, 2.75) is 43.4 Å². The van der Waals surface area contributed by atoms with Crippen molar-refractivity contribution in [1.29, 1.82) is 0 Å². The van der Waals surface area contributed by atoms with Crippen molar-refractivity contribution in [3.8, 4) is 11.5 Å². The predicted molar refractivity (Wildman–Crippen MR) is 128 cm³/mol. The molecule has 11 heteroatoms. The maximum Gasteiger partial charge on any atom is 0.235 e. The van der Waals surface area contributed by atoms with Gasteiger partial charge in [-0.05, 0) is 58.3 Å². The van der Waals surface area contributed by atoms with Gasteiger partial charge in [0.2, 0.25) is 5.91 Å². The third-order valence-corrected chi connectivity index (χ3v) is 8.68. The fourth-order valence-electron chi connectivity index (χ4n) is 7.13. The molecule has 5 rings (SSSR count). The van der Waals surface area contributed by atoms with E-state index in [0.717, 1.165) is 24.9 Å². The summed E-state index contributed by atoms with van der Waals surface area (Å²) >= 11 is 0. The predicted octanol–water partition coefficient (Wildman–Crippen LogP) is -0.700. The van der Waals surface area contributed by atoms with Crippen LogP contribution in [0.25, 0.3) is 0 Å². The third-order valence-electron chi connectivity index (χ3n) is 8.68. The number of hydrogen-bond donors (Lipinski definition) is 4. The van der Waals surface area contributed by atoms with Crippen LogP contribution in [0, 0.1) is 23.7 Å². The van der Waals surface area contributed by atoms with Crippen LogP contribution in [0.5, 0.6) is 11.5 Å². The highest BCUT2D eigenvalue weighted by molar-refractivity contribution is 6.32. The van der Waals surface area contributed by atoms with Gasteiger partial charge in [0, 0.05) is 23.1 Å². The minimum atomic E-state index is -2.73. The fourth-order valence-corrected chi connectivity index (χ4v) is 7.13. The molecule has 11 nitrogen and oxygen atoms in total. The Morgan fingerprint density at radius 3 is 2.49 bits per heavy atom. The average molecular weight is 514 g/mol. The number of phenolic OH excluding ortho intramolecular Hbond substituents is 1. The van der Waals surface area contributed by atoms with Crippen LogP contribution in [0.3, 0.4) is 0 Å². The Morgan fingerprint density at radius 2 is 1.92 bits per heavy atom. The van der Waals surface area contributed by atoms with Crippen LogP contribution in [0.15, 0.2) is 6.07 Å². The van der Waals surface area contributed by atoms with Crippen LogP contribution in [0.2, 0.25) is 0 Å². The normalized spacial score (nSPS) is 35.3. The number of aromatic hydroxyl groups is 1. The number of Topliss-reactive ketones (excluding diaryl/α,β-unsaturated/α-hetero) is 4. The van der Waals surface area contributed by atoms with Crippen molar-refractivity contribution in [2.24, 2.45) is 29.4 Å². The molecule has 7 atom stereocenters. The molecular weight excluding hydrogens is 482 g/mol. The number of fused-ring (bicyclic) bond motifs is 3. The number of nitrogens with zero attached hydrogens (tertiary/aromatic N) is 1. The van der Waals surface area contributed by atoms with Crippen LogP contribution in [-0.2, 0) is 25.6 Å². The molecule has 1 saturated heterocycles. The molecule has 7 unspecified atom stereocenters. The number of rotatable bonds is 4. The largest absolute Gasteiger partial charge is 0.507 e. The van der Waals surface area contributed by atoms with Crippen LogP contribution < -0.4 is 15.8 Å². The van der Waals surface area contributed by atoms with E-state index in [1.165, 1.54) is 18.1 Å². The van der Waals surface area contributed by atoms with Gasteiger partial charge in [-0.2, -0.15) is 0 Å². The highest BCUT2D eigenvalue weighted by atomic mass is 16.5. The van der Waals surface area contributed by atoms with Gasteiger partial charge in [0.05, 0.1) is 24.6 Å². The molecule has 4 aliphatic rings. The summed E-state index contributed by atoms with van der Waals surface area (Å²) in [5, 5.41) is 25.9. The highest BCUT2D eigenvalue weighted by Gasteiger charge is 2.69. The van der Waals surface area contributed by atoms with Gasteiger partial charge in [-0.3, -0.25) is 28.9 Å². The maximum absolute atomic E-state index is 13.8. The molecule has 1 aliphatic heterocycles. The number of nitrogens with one attached hydrogen (secondary N) is 1. The van der Waals surface area contributed by atoms with E-state index in [-0.39, 0.29) is 30.2 Å². The number of primary amides is 1. The lowest BCUT2D eigenvalue weighted by Crippen LogP contribution is -2.74. The summed E-state index contributed by atoms with van der Waals surface area (Å²) in [4.78, 5) is 67.6. The molecule has 0 spiro atoms. The smallest absolute Gasteiger partial charge is 0.235 e. The number of benzene rings is 1. The number of hydrogen-bond acceptors (Lipinski definition) is 10. The zero-order valence-corrected chi connectivity index (χ0v) is 20.9. The topological polar surface area (TPSA) is 176 Å². The molecule has 1 aromatic carbocycles. The Balaban J connectivity index is 1.64. The summed E-state index contributed by atoms with van der Waals surface area (Å²) in [6.45, 7) is 0.810. The number of ketones is 4. The molecule has 0 radical (unpaired) electrons. The first kappa shape index (κ1) is 25.5. The van der Waals surface area contributed by atoms with Crippen LogP contribution in [0.1, 0.15) is 46.8 Å². The van der Waals surface area contributed by atoms with Gasteiger partial charge in [0.1, 0.15) is 11.5 Å². The number of aliphatic hydroxyl groups is 1. The Labute approximate surface area is 213 Å². The second-order valence-electron chi connectivity index (χ2n) is 10.8. The zero-order valence-electron chi connectivity index (χ0n) is 20.9. The van der Waals surface area contributed by atoms with Crippen molar-refractivity contribution in [2.75, 3.05) is 27.7 Å². The van der Waals surface area contributed by atoms with Crippen LogP contribution in [0.4, 0.5) is 0 Å². The van der Waals surface area contributed by atoms with Crippen molar-refractivity contribution in [3.63, 3.8) is 0 Å². The highest BCUT2D eigenvalue weighted by Crippen LogP contribution is 2.53. The van der Waals surface area contributed by atoms with Crippen molar-refractivity contribution in [1.82, 2.24) is 10.2 Å². The van der Waals surface area contributed by atoms with E-state index in [1.54, 1.807) is 14.1 Å². The number of methoxy groups -OCH3 is 1. The van der Waals surface area contributed by atoms with Crippen molar-refractivity contribution >= 4 is 29.0 Å². The number of likely N-dealkylation sites (N-methyl/N-ethyl adjacent to an activating group) is 1. The van der Waals surface area contributed by atoms with Gasteiger partial charge in [0.15, 0.2) is 34.7 Å². The van der Waals surface area contributed by atoms with E-state index in [1.807, 2.05) is 0 Å².